The van der Waals surface area contributed by atoms with Gasteiger partial charge in [0.05, 0.1) is 82.4 Å². The van der Waals surface area contributed by atoms with E-state index in [1.54, 1.807) is 18.1 Å². The summed E-state index contributed by atoms with van der Waals surface area (Å²) in [6, 6.07) is 20.8. The average molecular weight is 1350 g/mol. The topological polar surface area (TPSA) is 212 Å². The molecule has 17 rings (SSSR count). The maximum atomic E-state index is 15.0. The van der Waals surface area contributed by atoms with Gasteiger partial charge in [-0.25, -0.2) is 4.98 Å². The lowest BCUT2D eigenvalue weighted by atomic mass is 9.68. The van der Waals surface area contributed by atoms with E-state index in [4.69, 9.17) is 45.0 Å². The highest BCUT2D eigenvalue weighted by atomic mass is 16.5. The minimum atomic E-state index is -0.690. The third-order valence-corrected chi connectivity index (χ3v) is 25.7. The number of aryl methyl sites for hydroxylation is 4. The summed E-state index contributed by atoms with van der Waals surface area (Å²) in [5, 5.41) is 25.0. The normalized spacial score (nSPS) is 24.7. The van der Waals surface area contributed by atoms with E-state index >= 15 is 0 Å². The van der Waals surface area contributed by atoms with Gasteiger partial charge in [-0.2, -0.15) is 20.6 Å². The predicted octanol–water partition coefficient (Wildman–Crippen LogP) is 14.3. The van der Waals surface area contributed by atoms with Crippen LogP contribution in [0, 0.1) is 39.4 Å². The zero-order valence-electron chi connectivity index (χ0n) is 59.6. The second kappa shape index (κ2) is 24.3. The quantitative estimate of drug-likeness (QED) is 0.0783. The molecule has 3 fully saturated rings. The molecule has 0 bridgehead atoms. The maximum absolute atomic E-state index is 15.0. The van der Waals surface area contributed by atoms with Crippen LogP contribution in [-0.4, -0.2) is 121 Å². The molecule has 516 valence electrons. The number of hydrogen-bond acceptors (Lipinski definition) is 13. The Morgan fingerprint density at radius 2 is 1.12 bits per heavy atom. The van der Waals surface area contributed by atoms with Crippen LogP contribution in [-0.2, 0) is 67.7 Å². The van der Waals surface area contributed by atoms with Crippen LogP contribution in [0.1, 0.15) is 194 Å². The monoisotopic (exact) mass is 1350 g/mol. The average Bonchev–Trinajstić information content (AvgIpc) is 1.57. The lowest BCUT2D eigenvalue weighted by molar-refractivity contribution is 0.0139. The van der Waals surface area contributed by atoms with Crippen LogP contribution in [0.3, 0.4) is 0 Å². The van der Waals surface area contributed by atoms with Crippen molar-refractivity contribution in [2.24, 2.45) is 28.1 Å². The number of methoxy groups -OCH3 is 1. The maximum Gasteiger partial charge on any atom is 0.256 e. The van der Waals surface area contributed by atoms with Crippen molar-refractivity contribution in [3.8, 4) is 73.2 Å². The van der Waals surface area contributed by atoms with Gasteiger partial charge < -0.3 is 19.4 Å². The van der Waals surface area contributed by atoms with Gasteiger partial charge in [0.15, 0.2) is 0 Å². The van der Waals surface area contributed by atoms with Crippen molar-refractivity contribution in [2.45, 2.75) is 181 Å². The number of carbonyl (C=O) groups is 3. The van der Waals surface area contributed by atoms with E-state index in [1.807, 2.05) is 73.1 Å². The van der Waals surface area contributed by atoms with E-state index in [0.717, 1.165) is 180 Å². The van der Waals surface area contributed by atoms with E-state index in [1.165, 1.54) is 36.8 Å². The summed E-state index contributed by atoms with van der Waals surface area (Å²) >= 11 is 0. The molecule has 9 aromatic rings. The fourth-order valence-corrected chi connectivity index (χ4v) is 19.8. The molecule has 101 heavy (non-hydrogen) atoms. The van der Waals surface area contributed by atoms with Crippen LogP contribution >= 0.6 is 0 Å². The van der Waals surface area contributed by atoms with Crippen molar-refractivity contribution in [1.82, 2.24) is 69.0 Å². The molecule has 6 unspecified atom stereocenters. The number of nitriles is 1. The van der Waals surface area contributed by atoms with Crippen LogP contribution in [0.5, 0.6) is 0 Å². The number of benzene rings is 1. The molecule has 0 radical (unpaired) electrons. The number of amides is 3. The van der Waals surface area contributed by atoms with Crippen molar-refractivity contribution >= 4 is 17.7 Å². The third kappa shape index (κ3) is 10.8. The first-order valence-corrected chi connectivity index (χ1v) is 36.8. The second-order valence-corrected chi connectivity index (χ2v) is 32.2. The van der Waals surface area contributed by atoms with Gasteiger partial charge in [-0.15, -0.1) is 0 Å². The Hall–Kier alpha value is -9.54. The Labute approximate surface area is 590 Å². The van der Waals surface area contributed by atoms with Crippen LogP contribution in [0.15, 0.2) is 104 Å². The van der Waals surface area contributed by atoms with Crippen LogP contribution < -0.4 is 0 Å². The molecule has 19 heteroatoms. The molecule has 3 aliphatic heterocycles. The molecule has 0 spiro atoms. The van der Waals surface area contributed by atoms with Crippen molar-refractivity contribution in [3.63, 3.8) is 0 Å². The van der Waals surface area contributed by atoms with E-state index < -0.39 is 11.1 Å². The fraction of sp³-hybridized carbons (Fsp3) is 0.463. The molecule has 1 aromatic carbocycles. The Morgan fingerprint density at radius 1 is 0.535 bits per heavy atom. The van der Waals surface area contributed by atoms with Gasteiger partial charge in [0.1, 0.15) is 11.8 Å². The molecular weight excluding hydrogens is 1260 g/mol. The molecule has 11 heterocycles. The van der Waals surface area contributed by atoms with Crippen molar-refractivity contribution in [3.05, 3.63) is 166 Å². The molecule has 0 N–H and O–H groups in total. The van der Waals surface area contributed by atoms with Crippen molar-refractivity contribution in [1.29, 1.82) is 5.26 Å². The molecular formula is C82H89N15O4. The highest BCUT2D eigenvalue weighted by Gasteiger charge is 2.58. The molecule has 0 saturated heterocycles. The summed E-state index contributed by atoms with van der Waals surface area (Å²) in [4.78, 5) is 74.8. The summed E-state index contributed by atoms with van der Waals surface area (Å²) in [6.07, 6.45) is 33.8. The fourth-order valence-electron chi connectivity index (χ4n) is 19.8. The van der Waals surface area contributed by atoms with E-state index in [0.29, 0.717) is 66.8 Å². The van der Waals surface area contributed by atoms with Gasteiger partial charge in [-0.3, -0.25) is 48.4 Å². The van der Waals surface area contributed by atoms with Gasteiger partial charge in [-0.05, 0) is 185 Å². The molecule has 6 atom stereocenters. The Morgan fingerprint density at radius 3 is 1.78 bits per heavy atom. The molecule has 8 aromatic heterocycles. The first kappa shape index (κ1) is 64.8. The highest BCUT2D eigenvalue weighted by molar-refractivity contribution is 6.02. The first-order chi connectivity index (χ1) is 48.7. The number of rotatable bonds is 18. The van der Waals surface area contributed by atoms with E-state index in [9.17, 15) is 19.6 Å². The summed E-state index contributed by atoms with van der Waals surface area (Å²) < 4.78 is 11.6. The smallest absolute Gasteiger partial charge is 0.256 e. The van der Waals surface area contributed by atoms with E-state index in [2.05, 4.69) is 104 Å². The van der Waals surface area contributed by atoms with Gasteiger partial charge in [-0.1, -0.05) is 58.6 Å². The number of ether oxygens (including phenoxy) is 1. The lowest BCUT2D eigenvalue weighted by Crippen LogP contribution is -2.50. The molecule has 8 aliphatic rings. The van der Waals surface area contributed by atoms with Gasteiger partial charge in [0, 0.05) is 145 Å². The number of hydrogen-bond donors (Lipinski definition) is 0. The summed E-state index contributed by atoms with van der Waals surface area (Å²) in [7, 11) is 5.56. The third-order valence-electron chi connectivity index (χ3n) is 25.7. The predicted molar refractivity (Wildman–Crippen MR) is 385 cm³/mol. The summed E-state index contributed by atoms with van der Waals surface area (Å²) in [5.41, 5.74) is 18.7. The zero-order chi connectivity index (χ0) is 69.5. The Kier molecular flexibility index (Phi) is 15.6. The molecule has 5 aliphatic carbocycles. The number of fused-ring (bicyclic) bond motifs is 5. The number of nitrogens with zero attached hydrogens (tertiary/aromatic N) is 15. The van der Waals surface area contributed by atoms with E-state index in [-0.39, 0.29) is 39.9 Å². The minimum Gasteiger partial charge on any atom is -0.383 e. The Balaban J connectivity index is 0.618. The summed E-state index contributed by atoms with van der Waals surface area (Å²) in [5.74, 6) is 0.297. The zero-order valence-corrected chi connectivity index (χ0v) is 59.6. The van der Waals surface area contributed by atoms with Crippen molar-refractivity contribution in [2.75, 3.05) is 34.4 Å². The van der Waals surface area contributed by atoms with Crippen molar-refractivity contribution < 1.29 is 19.1 Å². The number of aromatic nitrogens is 11. The number of pyridine rings is 5. The molecule has 3 amide bonds. The SMILES string of the molecule is COCCN1Cc2ncc(-c3nc4c(cc3-c3cnn(CC5(C)CCCC5C5(C)c6ncc(-c7nc8c(cc7-c7cnn(CC9(C)CCCC9CC9(C)c%10ccc(-c%11nc(C#N)ccc%11-c%11cnn(CC%12(C)CCCC%12)c%11)cc%10C(=O)N9C)c7)CCC8)cc6C(=O)N5C)c3)CCC4)cc2C1=O. The van der Waals surface area contributed by atoms with Crippen LogP contribution in [0.2, 0.25) is 0 Å². The highest BCUT2D eigenvalue weighted by Crippen LogP contribution is 2.58. The summed E-state index contributed by atoms with van der Waals surface area (Å²) in [6.45, 7) is 15.3. The van der Waals surface area contributed by atoms with Gasteiger partial charge in [0.2, 0.25) is 0 Å². The largest absolute Gasteiger partial charge is 0.383 e. The van der Waals surface area contributed by atoms with Gasteiger partial charge in [0.25, 0.3) is 17.7 Å². The number of carbonyl (C=O) groups excluding carboxylic acids is 3. The Bertz CT molecular complexity index is 4930. The van der Waals surface area contributed by atoms with Crippen LogP contribution in [0.25, 0.3) is 67.2 Å². The standard InChI is InChI=1S/C82H89N15O4/c1-78(25-9-10-26-78)47-95-43-55(40-86-95)60-23-22-59(37-83)89-71(60)52-21-24-66-63(33-52)75(98)92(6)81(66,4)36-58-17-13-27-79(58,2)48-96-44-56(41-87-96)62-32-51-16-12-19-68(51)91-73(62)54-35-65-74(85-39-54)82(5,93(7)76(65)99)70-20-14-28-80(70,3)49-97-45-57(42-88-97)61-31-50-15-11-18-67(50)90-72(61)53-34-64-69(84-38-53)46-94(77(64)100)29-30-101-8/h21-24,31-35,38-45,58,70H,9-20,25-30,36,46-49H2,1-8H3. The minimum absolute atomic E-state index is 0.00942. The van der Waals surface area contributed by atoms with Gasteiger partial charge >= 0.3 is 0 Å². The first-order valence-electron chi connectivity index (χ1n) is 36.8. The van der Waals surface area contributed by atoms with Crippen LogP contribution in [0.4, 0.5) is 0 Å². The molecule has 3 saturated carbocycles. The lowest BCUT2D eigenvalue weighted by Gasteiger charge is -2.45. The molecule has 19 nitrogen and oxygen atoms in total. The second-order valence-electron chi connectivity index (χ2n) is 32.2.